The van der Waals surface area contributed by atoms with Crippen LogP contribution in [0.15, 0.2) is 29.3 Å². The second-order valence-corrected chi connectivity index (χ2v) is 8.08. The normalized spacial score (nSPS) is 36.5. The molecule has 0 aromatic heterocycles. The van der Waals surface area contributed by atoms with E-state index in [1.54, 1.807) is 24.3 Å². The van der Waals surface area contributed by atoms with E-state index in [0.29, 0.717) is 11.5 Å². The van der Waals surface area contributed by atoms with Crippen LogP contribution in [0.1, 0.15) is 51.0 Å². The molecule has 0 heterocycles. The highest BCUT2D eigenvalue weighted by Gasteiger charge is 2.53. The molecular formula is C19H24N2O2. The van der Waals surface area contributed by atoms with Crippen molar-refractivity contribution in [1.29, 1.82) is 0 Å². The molecule has 4 bridgehead atoms. The van der Waals surface area contributed by atoms with Gasteiger partial charge in [0.1, 0.15) is 0 Å². The minimum atomic E-state index is -0.362. The molecule has 4 nitrogen and oxygen atoms in total. The van der Waals surface area contributed by atoms with Gasteiger partial charge in [0.25, 0.3) is 5.69 Å². The van der Waals surface area contributed by atoms with Crippen molar-refractivity contribution < 1.29 is 4.92 Å². The number of hydrogen-bond donors (Lipinski definition) is 0. The van der Waals surface area contributed by atoms with Gasteiger partial charge in [-0.25, -0.2) is 0 Å². The maximum absolute atomic E-state index is 10.7. The zero-order chi connectivity index (χ0) is 16.0. The largest absolute Gasteiger partial charge is 0.289 e. The Morgan fingerprint density at radius 3 is 2.13 bits per heavy atom. The Hall–Kier alpha value is -1.71. The van der Waals surface area contributed by atoms with Crippen molar-refractivity contribution in [3.05, 3.63) is 39.9 Å². The molecule has 4 saturated carbocycles. The molecule has 0 radical (unpaired) electrons. The molecule has 0 spiro atoms. The molecule has 1 atom stereocenters. The zero-order valence-electron chi connectivity index (χ0n) is 13.6. The third kappa shape index (κ3) is 2.68. The minimum Gasteiger partial charge on any atom is -0.289 e. The summed E-state index contributed by atoms with van der Waals surface area (Å²) < 4.78 is 0. The number of non-ortho nitro benzene ring substituents is 1. The Morgan fingerprint density at radius 1 is 1.13 bits per heavy atom. The van der Waals surface area contributed by atoms with Crippen LogP contribution in [0.5, 0.6) is 0 Å². The van der Waals surface area contributed by atoms with Crippen LogP contribution in [-0.4, -0.2) is 17.2 Å². The van der Waals surface area contributed by atoms with E-state index in [9.17, 15) is 10.1 Å². The number of nitro groups is 1. The topological polar surface area (TPSA) is 55.5 Å². The molecule has 0 saturated heterocycles. The molecule has 0 unspecified atom stereocenters. The van der Waals surface area contributed by atoms with Crippen molar-refractivity contribution in [2.45, 2.75) is 51.5 Å². The van der Waals surface area contributed by atoms with E-state index in [0.717, 1.165) is 23.3 Å². The Kier molecular flexibility index (Phi) is 3.51. The fourth-order valence-electron chi connectivity index (χ4n) is 5.73. The van der Waals surface area contributed by atoms with Crippen molar-refractivity contribution in [2.24, 2.45) is 28.2 Å². The highest BCUT2D eigenvalue weighted by atomic mass is 16.6. The second kappa shape index (κ2) is 5.43. The zero-order valence-corrected chi connectivity index (χ0v) is 13.6. The fraction of sp³-hybridized carbons (Fsp3) is 0.632. The summed E-state index contributed by atoms with van der Waals surface area (Å²) in [7, 11) is 0. The molecule has 0 amide bonds. The number of hydrogen-bond acceptors (Lipinski definition) is 3. The molecule has 0 N–H and O–H groups in total. The average Bonchev–Trinajstić information content (AvgIpc) is 2.51. The summed E-state index contributed by atoms with van der Waals surface area (Å²) in [4.78, 5) is 15.2. The van der Waals surface area contributed by atoms with E-state index >= 15 is 0 Å². The van der Waals surface area contributed by atoms with E-state index in [2.05, 4.69) is 6.92 Å². The van der Waals surface area contributed by atoms with Gasteiger partial charge in [0.05, 0.1) is 11.0 Å². The first-order valence-corrected chi connectivity index (χ1v) is 8.82. The predicted molar refractivity (Wildman–Crippen MR) is 90.8 cm³/mol. The lowest BCUT2D eigenvalue weighted by molar-refractivity contribution is -0.384. The standard InChI is InChI=1S/C19H24N2O2/c1-13(20-12-14-2-4-18(5-3-14)21(22)23)19-9-15-6-16(10-19)8-17(7-15)11-19/h2-5,12-13,15-17H,6-11H2,1H3/t13-,15?,16?,17?,19?/m1/s1. The highest BCUT2D eigenvalue weighted by molar-refractivity contribution is 5.80. The van der Waals surface area contributed by atoms with Gasteiger partial charge in [-0.05, 0) is 86.3 Å². The molecule has 23 heavy (non-hydrogen) atoms. The highest BCUT2D eigenvalue weighted by Crippen LogP contribution is 2.61. The fourth-order valence-corrected chi connectivity index (χ4v) is 5.73. The molecule has 4 fully saturated rings. The molecular weight excluding hydrogens is 288 g/mol. The summed E-state index contributed by atoms with van der Waals surface area (Å²) in [5.74, 6) is 2.83. The summed E-state index contributed by atoms with van der Waals surface area (Å²) in [5.41, 5.74) is 1.51. The summed E-state index contributed by atoms with van der Waals surface area (Å²) >= 11 is 0. The molecule has 1 aromatic carbocycles. The molecule has 4 aliphatic rings. The monoisotopic (exact) mass is 312 g/mol. The molecule has 122 valence electrons. The van der Waals surface area contributed by atoms with Crippen molar-refractivity contribution in [3.8, 4) is 0 Å². The van der Waals surface area contributed by atoms with E-state index < -0.39 is 0 Å². The molecule has 4 heteroatoms. The maximum atomic E-state index is 10.7. The Bertz CT molecular complexity index is 600. The first-order chi connectivity index (χ1) is 11.0. The van der Waals surface area contributed by atoms with Crippen molar-refractivity contribution in [3.63, 3.8) is 0 Å². The maximum Gasteiger partial charge on any atom is 0.269 e. The summed E-state index contributed by atoms with van der Waals surface area (Å²) in [5, 5.41) is 10.7. The molecule has 5 rings (SSSR count). The van der Waals surface area contributed by atoms with Crippen LogP contribution in [0.4, 0.5) is 5.69 Å². The van der Waals surface area contributed by atoms with Gasteiger partial charge < -0.3 is 0 Å². The lowest BCUT2D eigenvalue weighted by Gasteiger charge is -2.58. The van der Waals surface area contributed by atoms with Crippen molar-refractivity contribution in [1.82, 2.24) is 0 Å². The predicted octanol–water partition coefficient (Wildman–Crippen LogP) is 4.62. The van der Waals surface area contributed by atoms with Crippen LogP contribution in [0, 0.1) is 33.3 Å². The van der Waals surface area contributed by atoms with Gasteiger partial charge in [-0.15, -0.1) is 0 Å². The van der Waals surface area contributed by atoms with Gasteiger partial charge in [0.15, 0.2) is 0 Å². The van der Waals surface area contributed by atoms with Gasteiger partial charge in [0, 0.05) is 18.3 Å². The molecule has 0 aliphatic heterocycles. The number of rotatable bonds is 4. The number of aliphatic imine (C=N–C) groups is 1. The number of nitrogens with zero attached hydrogens (tertiary/aromatic N) is 2. The van der Waals surface area contributed by atoms with E-state index in [-0.39, 0.29) is 10.6 Å². The van der Waals surface area contributed by atoms with Gasteiger partial charge in [0.2, 0.25) is 0 Å². The lowest BCUT2D eigenvalue weighted by Crippen LogP contribution is -2.50. The quantitative estimate of drug-likeness (QED) is 0.463. The summed E-state index contributed by atoms with van der Waals surface area (Å²) in [6, 6.07) is 7.03. The Balaban J connectivity index is 1.49. The smallest absolute Gasteiger partial charge is 0.269 e. The third-order valence-corrected chi connectivity index (χ3v) is 6.52. The van der Waals surface area contributed by atoms with Crippen LogP contribution in [0.2, 0.25) is 0 Å². The van der Waals surface area contributed by atoms with Crippen LogP contribution in [-0.2, 0) is 0 Å². The van der Waals surface area contributed by atoms with Gasteiger partial charge >= 0.3 is 0 Å². The van der Waals surface area contributed by atoms with E-state index in [1.807, 2.05) is 6.21 Å². The van der Waals surface area contributed by atoms with E-state index in [4.69, 9.17) is 4.99 Å². The lowest BCUT2D eigenvalue weighted by atomic mass is 9.48. The number of benzene rings is 1. The third-order valence-electron chi connectivity index (χ3n) is 6.52. The van der Waals surface area contributed by atoms with E-state index in [1.165, 1.54) is 38.5 Å². The second-order valence-electron chi connectivity index (χ2n) is 8.08. The average molecular weight is 312 g/mol. The van der Waals surface area contributed by atoms with Crippen LogP contribution in [0.25, 0.3) is 0 Å². The molecule has 4 aliphatic carbocycles. The first kappa shape index (κ1) is 14.9. The van der Waals surface area contributed by atoms with Crippen LogP contribution in [0.3, 0.4) is 0 Å². The van der Waals surface area contributed by atoms with Gasteiger partial charge in [-0.3, -0.25) is 15.1 Å². The van der Waals surface area contributed by atoms with Gasteiger partial charge in [-0.2, -0.15) is 0 Å². The SMILES string of the molecule is C[C@@H](N=Cc1ccc([N+](=O)[O-])cc1)C12CC3CC(CC(C3)C1)C2. The van der Waals surface area contributed by atoms with Crippen molar-refractivity contribution in [2.75, 3.05) is 0 Å². The summed E-state index contributed by atoms with van der Waals surface area (Å²) in [6.07, 6.45) is 10.4. The first-order valence-electron chi connectivity index (χ1n) is 8.82. The molecule has 1 aromatic rings. The number of nitro benzene ring substituents is 1. The summed E-state index contributed by atoms with van der Waals surface area (Å²) in [6.45, 7) is 2.27. The Morgan fingerprint density at radius 2 is 1.65 bits per heavy atom. The van der Waals surface area contributed by atoms with Gasteiger partial charge in [-0.1, -0.05) is 0 Å². The van der Waals surface area contributed by atoms with Crippen LogP contribution >= 0.6 is 0 Å². The van der Waals surface area contributed by atoms with Crippen molar-refractivity contribution >= 4 is 11.9 Å². The van der Waals surface area contributed by atoms with Crippen LogP contribution < -0.4 is 0 Å². The Labute approximate surface area is 137 Å². The minimum absolute atomic E-state index is 0.135.